The fourth-order valence-electron chi connectivity index (χ4n) is 4.17. The molecule has 0 saturated heterocycles. The molecule has 5 rings (SSSR count). The second-order valence-corrected chi connectivity index (χ2v) is 8.55. The van der Waals surface area contributed by atoms with Crippen molar-refractivity contribution in [3.63, 3.8) is 0 Å². The Morgan fingerprint density at radius 3 is 2.39 bits per heavy atom. The Morgan fingerprint density at radius 2 is 1.72 bits per heavy atom. The number of H-pyrrole nitrogens is 1. The van der Waals surface area contributed by atoms with Crippen LogP contribution in [0.2, 0.25) is 0 Å². The van der Waals surface area contributed by atoms with Gasteiger partial charge in [0.05, 0.1) is 17.0 Å². The van der Waals surface area contributed by atoms with E-state index in [2.05, 4.69) is 24.6 Å². The van der Waals surface area contributed by atoms with Crippen molar-refractivity contribution in [2.24, 2.45) is 0 Å². The van der Waals surface area contributed by atoms with Crippen molar-refractivity contribution in [2.75, 3.05) is 12.3 Å². The van der Waals surface area contributed by atoms with Gasteiger partial charge < -0.3 is 15.5 Å². The minimum absolute atomic E-state index is 0.150. The van der Waals surface area contributed by atoms with Crippen LogP contribution < -0.4 is 16.0 Å². The SMILES string of the molecule is Nc1ccc(-c2nc3c(c(=O)[nH]2)CN(Cc2ccc(-c4ccc(OC(F)(F)F)cc4)nc2)CC3)cc1. The van der Waals surface area contributed by atoms with Crippen LogP contribution >= 0.6 is 0 Å². The molecule has 3 N–H and O–H groups in total. The molecule has 36 heavy (non-hydrogen) atoms. The summed E-state index contributed by atoms with van der Waals surface area (Å²) in [5.41, 5.74) is 10.8. The number of nitrogen functional groups attached to an aromatic ring is 1. The first-order chi connectivity index (χ1) is 17.2. The lowest BCUT2D eigenvalue weighted by atomic mass is 10.1. The molecule has 4 aromatic rings. The van der Waals surface area contributed by atoms with E-state index in [-0.39, 0.29) is 11.3 Å². The summed E-state index contributed by atoms with van der Waals surface area (Å²) >= 11 is 0. The van der Waals surface area contributed by atoms with Gasteiger partial charge in [0.15, 0.2) is 0 Å². The maximum Gasteiger partial charge on any atom is 0.573 e. The molecule has 10 heteroatoms. The van der Waals surface area contributed by atoms with Crippen LogP contribution in [-0.4, -0.2) is 32.8 Å². The smallest absolute Gasteiger partial charge is 0.406 e. The zero-order chi connectivity index (χ0) is 25.3. The van der Waals surface area contributed by atoms with E-state index in [1.54, 1.807) is 18.3 Å². The highest BCUT2D eigenvalue weighted by Crippen LogP contribution is 2.26. The molecule has 0 bridgehead atoms. The Morgan fingerprint density at radius 1 is 1.00 bits per heavy atom. The number of pyridine rings is 1. The van der Waals surface area contributed by atoms with Gasteiger partial charge in [-0.15, -0.1) is 13.2 Å². The van der Waals surface area contributed by atoms with Crippen molar-refractivity contribution in [3.8, 4) is 28.4 Å². The third-order valence-electron chi connectivity index (χ3n) is 5.95. The van der Waals surface area contributed by atoms with Crippen molar-refractivity contribution in [3.05, 3.63) is 94.0 Å². The van der Waals surface area contributed by atoms with E-state index in [1.807, 2.05) is 24.3 Å². The molecule has 0 unspecified atom stereocenters. The van der Waals surface area contributed by atoms with E-state index in [9.17, 15) is 18.0 Å². The number of nitrogens with two attached hydrogens (primary N) is 1. The van der Waals surface area contributed by atoms with Crippen molar-refractivity contribution >= 4 is 5.69 Å². The second kappa shape index (κ2) is 9.46. The molecular formula is C26H22F3N5O2. The van der Waals surface area contributed by atoms with Crippen molar-refractivity contribution in [1.82, 2.24) is 19.9 Å². The zero-order valence-electron chi connectivity index (χ0n) is 19.0. The van der Waals surface area contributed by atoms with E-state index in [0.29, 0.717) is 47.8 Å². The number of rotatable bonds is 5. The fraction of sp³-hybridized carbons (Fsp3) is 0.192. The van der Waals surface area contributed by atoms with E-state index < -0.39 is 6.36 Å². The summed E-state index contributed by atoms with van der Waals surface area (Å²) < 4.78 is 40.9. The molecule has 1 aliphatic rings. The number of anilines is 1. The van der Waals surface area contributed by atoms with Gasteiger partial charge >= 0.3 is 6.36 Å². The summed E-state index contributed by atoms with van der Waals surface area (Å²) in [7, 11) is 0. The molecule has 0 amide bonds. The topological polar surface area (TPSA) is 97.1 Å². The summed E-state index contributed by atoms with van der Waals surface area (Å²) in [6.45, 7) is 1.82. The third-order valence-corrected chi connectivity index (χ3v) is 5.95. The number of nitrogens with one attached hydrogen (secondary N) is 1. The normalized spacial score (nSPS) is 13.9. The highest BCUT2D eigenvalue weighted by atomic mass is 19.4. The maximum absolute atomic E-state index is 12.8. The van der Waals surface area contributed by atoms with Crippen LogP contribution in [0, 0.1) is 0 Å². The number of fused-ring (bicyclic) bond motifs is 1. The summed E-state index contributed by atoms with van der Waals surface area (Å²) in [6.07, 6.45) is -2.34. The molecule has 1 aliphatic heterocycles. The Balaban J connectivity index is 1.25. The summed E-state index contributed by atoms with van der Waals surface area (Å²) in [5.74, 6) is 0.253. The molecule has 2 aromatic heterocycles. The van der Waals surface area contributed by atoms with Crippen LogP contribution in [0.4, 0.5) is 18.9 Å². The summed E-state index contributed by atoms with van der Waals surface area (Å²) in [4.78, 5) is 27.0. The standard InChI is InChI=1S/C26H22F3N5O2/c27-26(28,29)36-20-8-4-17(5-9-20)22-10-1-16(13-31-22)14-34-12-11-23-21(15-34)25(35)33-24(32-23)18-2-6-19(30)7-3-18/h1-10,13H,11-12,14-15,30H2,(H,32,33,35). The highest BCUT2D eigenvalue weighted by molar-refractivity contribution is 5.60. The lowest BCUT2D eigenvalue weighted by molar-refractivity contribution is -0.274. The molecule has 3 heterocycles. The van der Waals surface area contributed by atoms with Crippen molar-refractivity contribution < 1.29 is 17.9 Å². The number of aromatic amines is 1. The summed E-state index contributed by atoms with van der Waals surface area (Å²) in [5, 5.41) is 0. The van der Waals surface area contributed by atoms with Crippen molar-refractivity contribution in [2.45, 2.75) is 25.9 Å². The molecule has 0 saturated carbocycles. The molecule has 0 aliphatic carbocycles. The molecular weight excluding hydrogens is 471 g/mol. The van der Waals surface area contributed by atoms with E-state index >= 15 is 0 Å². The Kier molecular flexibility index (Phi) is 6.19. The van der Waals surface area contributed by atoms with Crippen LogP contribution in [0.15, 0.2) is 71.7 Å². The number of ether oxygens (including phenoxy) is 1. The first-order valence-corrected chi connectivity index (χ1v) is 11.2. The molecule has 0 atom stereocenters. The monoisotopic (exact) mass is 493 g/mol. The van der Waals surface area contributed by atoms with E-state index in [1.165, 1.54) is 24.3 Å². The first-order valence-electron chi connectivity index (χ1n) is 11.2. The number of halogens is 3. The van der Waals surface area contributed by atoms with Gasteiger partial charge in [0.2, 0.25) is 0 Å². The van der Waals surface area contributed by atoms with E-state index in [4.69, 9.17) is 5.73 Å². The lowest BCUT2D eigenvalue weighted by Gasteiger charge is -2.27. The number of aromatic nitrogens is 3. The predicted molar refractivity (Wildman–Crippen MR) is 129 cm³/mol. The maximum atomic E-state index is 12.8. The zero-order valence-corrected chi connectivity index (χ0v) is 19.0. The Bertz CT molecular complexity index is 1420. The molecule has 0 fully saturated rings. The van der Waals surface area contributed by atoms with Gasteiger partial charge in [0.25, 0.3) is 5.56 Å². The fourth-order valence-corrected chi connectivity index (χ4v) is 4.17. The average molecular weight is 493 g/mol. The molecule has 7 nitrogen and oxygen atoms in total. The number of hydrogen-bond donors (Lipinski definition) is 2. The van der Waals surface area contributed by atoms with Gasteiger partial charge in [-0.2, -0.15) is 0 Å². The minimum Gasteiger partial charge on any atom is -0.406 e. The average Bonchev–Trinajstić information content (AvgIpc) is 2.85. The molecule has 2 aromatic carbocycles. The second-order valence-electron chi connectivity index (χ2n) is 8.55. The largest absolute Gasteiger partial charge is 0.573 e. The third kappa shape index (κ3) is 5.38. The molecule has 0 spiro atoms. The van der Waals surface area contributed by atoms with Crippen LogP contribution in [0.1, 0.15) is 16.8 Å². The van der Waals surface area contributed by atoms with Crippen LogP contribution in [0.3, 0.4) is 0 Å². The van der Waals surface area contributed by atoms with Crippen LogP contribution in [-0.2, 0) is 19.5 Å². The number of hydrogen-bond acceptors (Lipinski definition) is 6. The van der Waals surface area contributed by atoms with Gasteiger partial charge in [-0.25, -0.2) is 4.98 Å². The number of benzene rings is 2. The number of alkyl halides is 3. The first kappa shape index (κ1) is 23.6. The minimum atomic E-state index is -4.73. The Labute approximate surface area is 204 Å². The van der Waals surface area contributed by atoms with Gasteiger partial charge in [-0.1, -0.05) is 6.07 Å². The quantitative estimate of drug-likeness (QED) is 0.397. The van der Waals surface area contributed by atoms with Gasteiger partial charge in [0, 0.05) is 49.1 Å². The predicted octanol–water partition coefficient (Wildman–Crippen LogP) is 4.54. The van der Waals surface area contributed by atoms with Gasteiger partial charge in [-0.3, -0.25) is 14.7 Å². The Hall–Kier alpha value is -4.18. The van der Waals surface area contributed by atoms with Gasteiger partial charge in [0.1, 0.15) is 11.6 Å². The lowest BCUT2D eigenvalue weighted by Crippen LogP contribution is -2.35. The van der Waals surface area contributed by atoms with Crippen LogP contribution in [0.5, 0.6) is 5.75 Å². The molecule has 0 radical (unpaired) electrons. The van der Waals surface area contributed by atoms with E-state index in [0.717, 1.165) is 23.4 Å². The van der Waals surface area contributed by atoms with Gasteiger partial charge in [-0.05, 0) is 60.2 Å². The van der Waals surface area contributed by atoms with Crippen molar-refractivity contribution in [1.29, 1.82) is 0 Å². The highest BCUT2D eigenvalue weighted by Gasteiger charge is 2.31. The molecule has 184 valence electrons. The summed E-state index contributed by atoms with van der Waals surface area (Å²) in [6, 6.07) is 16.5. The van der Waals surface area contributed by atoms with Crippen LogP contribution in [0.25, 0.3) is 22.6 Å². The number of nitrogens with zero attached hydrogens (tertiary/aromatic N) is 3.